The highest BCUT2D eigenvalue weighted by Gasteiger charge is 2.15. The van der Waals surface area contributed by atoms with Crippen LogP contribution in [0, 0.1) is 6.92 Å². The quantitative estimate of drug-likeness (QED) is 0.253. The van der Waals surface area contributed by atoms with Crippen LogP contribution >= 0.6 is 0 Å². The third-order valence-corrected chi connectivity index (χ3v) is 7.53. The second-order valence-corrected chi connectivity index (χ2v) is 10.8. The minimum absolute atomic E-state index is 0.139. The van der Waals surface area contributed by atoms with Gasteiger partial charge in [0.2, 0.25) is 5.95 Å². The molecule has 0 radical (unpaired) electrons. The van der Waals surface area contributed by atoms with Gasteiger partial charge in [-0.25, -0.2) is 9.97 Å². The molecule has 0 bridgehead atoms. The maximum absolute atomic E-state index is 13.0. The van der Waals surface area contributed by atoms with E-state index in [1.165, 1.54) is 11.1 Å². The number of pyridine rings is 1. The topological polar surface area (TPSA) is 86.3 Å². The van der Waals surface area contributed by atoms with E-state index in [1.807, 2.05) is 55.7 Å². The normalized spacial score (nSPS) is 14.1. The molecule has 2 aromatic carbocycles. The highest BCUT2D eigenvalue weighted by molar-refractivity contribution is 6.04. The Labute approximate surface area is 242 Å². The summed E-state index contributed by atoms with van der Waals surface area (Å²) in [7, 11) is 2.16. The summed E-state index contributed by atoms with van der Waals surface area (Å²) in [4.78, 5) is 31.4. The van der Waals surface area contributed by atoms with E-state index in [2.05, 4.69) is 62.6 Å². The number of anilines is 3. The van der Waals surface area contributed by atoms with E-state index in [4.69, 9.17) is 4.98 Å². The standard InChI is InChI=1S/C33H39N7O/c1-4-5-6-26-19-28(22-34-21-26)30-13-14-35-33(37-30)38-31-20-29(12-7-24(31)2)36-32(41)27-10-8-25(9-11-27)23-40-17-15-39(3)16-18-40/h7-14,19-22H,4-6,15-18,23H2,1-3H3,(H,36,41)(H,35,37,38). The van der Waals surface area contributed by atoms with Gasteiger partial charge in [0.05, 0.1) is 5.69 Å². The van der Waals surface area contributed by atoms with E-state index in [0.717, 1.165) is 74.5 Å². The zero-order chi connectivity index (χ0) is 28.6. The van der Waals surface area contributed by atoms with Gasteiger partial charge in [-0.2, -0.15) is 0 Å². The predicted molar refractivity (Wildman–Crippen MR) is 166 cm³/mol. The van der Waals surface area contributed by atoms with Crippen molar-refractivity contribution >= 4 is 23.2 Å². The van der Waals surface area contributed by atoms with Crippen LogP contribution in [0.15, 0.2) is 73.2 Å². The summed E-state index contributed by atoms with van der Waals surface area (Å²) in [5.41, 5.74) is 7.40. The van der Waals surface area contributed by atoms with Crippen molar-refractivity contribution in [3.8, 4) is 11.3 Å². The van der Waals surface area contributed by atoms with Gasteiger partial charge in [0.15, 0.2) is 0 Å². The number of hydrogen-bond donors (Lipinski definition) is 2. The number of unbranched alkanes of at least 4 members (excludes halogenated alkanes) is 1. The number of aromatic nitrogens is 3. The molecule has 5 rings (SSSR count). The number of rotatable bonds is 10. The molecule has 2 N–H and O–H groups in total. The fraction of sp³-hybridized carbons (Fsp3) is 0.333. The molecular formula is C33H39N7O. The molecule has 0 atom stereocenters. The molecule has 8 heteroatoms. The van der Waals surface area contributed by atoms with Gasteiger partial charge in [-0.3, -0.25) is 14.7 Å². The summed E-state index contributed by atoms with van der Waals surface area (Å²) in [6.07, 6.45) is 8.79. The Morgan fingerprint density at radius 3 is 2.54 bits per heavy atom. The lowest BCUT2D eigenvalue weighted by molar-refractivity contribution is 0.102. The number of likely N-dealkylation sites (N-methyl/N-ethyl adjacent to an activating group) is 1. The van der Waals surface area contributed by atoms with E-state index >= 15 is 0 Å². The van der Waals surface area contributed by atoms with Crippen molar-refractivity contribution in [1.82, 2.24) is 24.8 Å². The fourth-order valence-electron chi connectivity index (χ4n) is 4.91. The van der Waals surface area contributed by atoms with Crippen molar-refractivity contribution in [2.75, 3.05) is 43.9 Å². The van der Waals surface area contributed by atoms with Gasteiger partial charge < -0.3 is 15.5 Å². The highest BCUT2D eigenvalue weighted by atomic mass is 16.1. The molecule has 1 saturated heterocycles. The van der Waals surface area contributed by atoms with E-state index in [-0.39, 0.29) is 5.91 Å². The maximum Gasteiger partial charge on any atom is 0.255 e. The fourth-order valence-corrected chi connectivity index (χ4v) is 4.91. The number of carbonyl (C=O) groups is 1. The van der Waals surface area contributed by atoms with E-state index in [9.17, 15) is 4.79 Å². The monoisotopic (exact) mass is 549 g/mol. The third-order valence-electron chi connectivity index (χ3n) is 7.53. The van der Waals surface area contributed by atoms with Gasteiger partial charge in [-0.05, 0) is 79.9 Å². The first-order valence-electron chi connectivity index (χ1n) is 14.4. The molecule has 8 nitrogen and oxygen atoms in total. The van der Waals surface area contributed by atoms with Crippen LogP contribution in [-0.4, -0.2) is 63.9 Å². The molecule has 0 aliphatic carbocycles. The summed E-state index contributed by atoms with van der Waals surface area (Å²) >= 11 is 0. The van der Waals surface area contributed by atoms with Gasteiger partial charge in [-0.15, -0.1) is 0 Å². The number of amides is 1. The lowest BCUT2D eigenvalue weighted by Crippen LogP contribution is -2.43. The zero-order valence-electron chi connectivity index (χ0n) is 24.2. The minimum atomic E-state index is -0.139. The summed E-state index contributed by atoms with van der Waals surface area (Å²) in [6.45, 7) is 9.44. The molecule has 0 spiro atoms. The average molecular weight is 550 g/mol. The van der Waals surface area contributed by atoms with Crippen LogP contribution in [0.3, 0.4) is 0 Å². The molecule has 1 fully saturated rings. The number of hydrogen-bond acceptors (Lipinski definition) is 7. The van der Waals surface area contributed by atoms with Gasteiger partial charge in [0.25, 0.3) is 5.91 Å². The second-order valence-electron chi connectivity index (χ2n) is 10.8. The second kappa shape index (κ2) is 13.5. The molecule has 1 aliphatic rings. The number of piperazine rings is 1. The molecule has 1 amide bonds. The average Bonchev–Trinajstić information content (AvgIpc) is 2.99. The highest BCUT2D eigenvalue weighted by Crippen LogP contribution is 2.25. The third kappa shape index (κ3) is 7.74. The van der Waals surface area contributed by atoms with Crippen LogP contribution in [0.5, 0.6) is 0 Å². The van der Waals surface area contributed by atoms with Gasteiger partial charge in [0.1, 0.15) is 0 Å². The van der Waals surface area contributed by atoms with Gasteiger partial charge >= 0.3 is 0 Å². The first kappa shape index (κ1) is 28.4. The SMILES string of the molecule is CCCCc1cncc(-c2ccnc(Nc3cc(NC(=O)c4ccc(CN5CCN(C)CC5)cc4)ccc3C)n2)c1. The zero-order valence-corrected chi connectivity index (χ0v) is 24.2. The van der Waals surface area contributed by atoms with Crippen LogP contribution < -0.4 is 10.6 Å². The van der Waals surface area contributed by atoms with Crippen molar-refractivity contribution in [3.63, 3.8) is 0 Å². The molecule has 212 valence electrons. The van der Waals surface area contributed by atoms with Crippen LogP contribution in [0.25, 0.3) is 11.3 Å². The van der Waals surface area contributed by atoms with Crippen molar-refractivity contribution in [3.05, 3.63) is 95.4 Å². The van der Waals surface area contributed by atoms with Crippen molar-refractivity contribution in [2.24, 2.45) is 0 Å². The van der Waals surface area contributed by atoms with Gasteiger partial charge in [0, 0.05) is 73.8 Å². The molecule has 1 aliphatic heterocycles. The number of benzene rings is 2. The van der Waals surface area contributed by atoms with Crippen molar-refractivity contribution in [1.29, 1.82) is 0 Å². The first-order chi connectivity index (χ1) is 20.0. The van der Waals surface area contributed by atoms with Crippen LogP contribution in [0.1, 0.15) is 46.8 Å². The van der Waals surface area contributed by atoms with E-state index in [0.29, 0.717) is 17.2 Å². The molecule has 0 saturated carbocycles. The molecule has 41 heavy (non-hydrogen) atoms. The summed E-state index contributed by atoms with van der Waals surface area (Å²) < 4.78 is 0. The Hall–Kier alpha value is -4.14. The Bertz CT molecular complexity index is 1460. The first-order valence-corrected chi connectivity index (χ1v) is 14.4. The Morgan fingerprint density at radius 2 is 1.76 bits per heavy atom. The smallest absolute Gasteiger partial charge is 0.255 e. The molecule has 4 aromatic rings. The Morgan fingerprint density at radius 1 is 0.951 bits per heavy atom. The van der Waals surface area contributed by atoms with Gasteiger partial charge in [-0.1, -0.05) is 31.5 Å². The molecule has 2 aromatic heterocycles. The summed E-state index contributed by atoms with van der Waals surface area (Å²) in [5.74, 6) is 0.351. The van der Waals surface area contributed by atoms with E-state index < -0.39 is 0 Å². The van der Waals surface area contributed by atoms with Crippen molar-refractivity contribution in [2.45, 2.75) is 39.7 Å². The number of aryl methyl sites for hydroxylation is 2. The number of nitrogens with zero attached hydrogens (tertiary/aromatic N) is 5. The summed E-state index contributed by atoms with van der Waals surface area (Å²) in [5, 5.41) is 6.37. The Balaban J connectivity index is 1.23. The van der Waals surface area contributed by atoms with Crippen molar-refractivity contribution < 1.29 is 4.79 Å². The summed E-state index contributed by atoms with van der Waals surface area (Å²) in [6, 6.07) is 17.7. The largest absolute Gasteiger partial charge is 0.324 e. The van der Waals surface area contributed by atoms with Crippen LogP contribution in [0.2, 0.25) is 0 Å². The number of nitrogens with one attached hydrogen (secondary N) is 2. The molecule has 0 unspecified atom stereocenters. The maximum atomic E-state index is 13.0. The minimum Gasteiger partial charge on any atom is -0.324 e. The lowest BCUT2D eigenvalue weighted by atomic mass is 10.1. The lowest BCUT2D eigenvalue weighted by Gasteiger charge is -2.32. The van der Waals surface area contributed by atoms with E-state index in [1.54, 1.807) is 6.20 Å². The van der Waals surface area contributed by atoms with Crippen LogP contribution in [-0.2, 0) is 13.0 Å². The predicted octanol–water partition coefficient (Wildman–Crippen LogP) is 5.93. The van der Waals surface area contributed by atoms with Crippen LogP contribution in [0.4, 0.5) is 17.3 Å². The molecule has 3 heterocycles. The molecular weight excluding hydrogens is 510 g/mol. The Kier molecular flexibility index (Phi) is 9.33. The number of carbonyl (C=O) groups excluding carboxylic acids is 1.